The molecule has 2 fully saturated rings. The van der Waals surface area contributed by atoms with Gasteiger partial charge in [-0.1, -0.05) is 26.0 Å². The van der Waals surface area contributed by atoms with Gasteiger partial charge in [-0.3, -0.25) is 10.2 Å². The van der Waals surface area contributed by atoms with Crippen molar-refractivity contribution >= 4 is 17.3 Å². The molecule has 1 heterocycles. The van der Waals surface area contributed by atoms with Crippen molar-refractivity contribution in [2.75, 3.05) is 45.1 Å². The maximum Gasteiger partial charge on any atom is 0.259 e. The average Bonchev–Trinajstić information content (AvgIpc) is 3.26. The molecule has 222 valence electrons. The largest absolute Gasteiger partial charge is 0.381 e. The third kappa shape index (κ3) is 5.52. The Balaban J connectivity index is 0.00000151. The van der Waals surface area contributed by atoms with Crippen molar-refractivity contribution in [2.45, 2.75) is 89.2 Å². The molecule has 0 aromatic heterocycles. The van der Waals surface area contributed by atoms with Crippen LogP contribution >= 0.6 is 0 Å². The molecule has 2 saturated carbocycles. The summed E-state index contributed by atoms with van der Waals surface area (Å²) in [6.07, 6.45) is 5.34. The van der Waals surface area contributed by atoms with E-state index in [1.807, 2.05) is 43.9 Å². The van der Waals surface area contributed by atoms with E-state index in [0.717, 1.165) is 53.0 Å². The Kier molecular flexibility index (Phi) is 9.27. The molecule has 2 aromatic rings. The van der Waals surface area contributed by atoms with E-state index in [4.69, 9.17) is 10.5 Å². The number of amides is 1. The van der Waals surface area contributed by atoms with Gasteiger partial charge in [0.2, 0.25) is 0 Å². The molecular weight excluding hydrogens is 500 g/mol. The van der Waals surface area contributed by atoms with E-state index in [0.29, 0.717) is 6.54 Å². The molecule has 1 unspecified atom stereocenters. The topological polar surface area (TPSA) is 86.1 Å². The number of nitrogens with zero attached hydrogens (tertiary/aromatic N) is 3. The molecule has 2 aromatic carbocycles. The summed E-state index contributed by atoms with van der Waals surface area (Å²) < 4.78 is 5.65. The van der Waals surface area contributed by atoms with Crippen LogP contribution < -0.4 is 26.3 Å². The fourth-order valence-corrected chi connectivity index (χ4v) is 6.42. The van der Waals surface area contributed by atoms with Gasteiger partial charge in [0.15, 0.2) is 0 Å². The number of benzene rings is 2. The number of nitrogens with two attached hydrogens (primary N) is 1. The molecule has 0 saturated heterocycles. The highest BCUT2D eigenvalue weighted by Crippen LogP contribution is 2.48. The maximum absolute atomic E-state index is 13.8. The number of anilines is 2. The van der Waals surface area contributed by atoms with Crippen LogP contribution in [0, 0.1) is 0 Å². The molecule has 0 spiro atoms. The quantitative estimate of drug-likeness (QED) is 0.293. The number of hydrogen-bond donors (Lipinski definition) is 3. The minimum absolute atomic E-state index is 0. The van der Waals surface area contributed by atoms with Crippen LogP contribution in [0.3, 0.4) is 0 Å². The average molecular weight is 553 g/mol. The highest BCUT2D eigenvalue weighted by atomic mass is 16.5. The number of hydrogen-bond acceptors (Lipinski definition) is 7. The number of carbonyl (C=O) groups is 1. The first-order valence-corrected chi connectivity index (χ1v) is 14.8. The van der Waals surface area contributed by atoms with Crippen molar-refractivity contribution in [1.82, 2.24) is 15.8 Å². The number of fused-ring (bicyclic) bond motifs is 1. The predicted octanol–water partition coefficient (Wildman–Crippen LogP) is 4.62. The zero-order valence-electron chi connectivity index (χ0n) is 25.8. The van der Waals surface area contributed by atoms with E-state index in [2.05, 4.69) is 67.0 Å². The Morgan fingerprint density at radius 1 is 1.18 bits per heavy atom. The molecule has 1 aliphatic heterocycles. The number of carbonyl (C=O) groups excluding carboxylic acids is 1. The third-order valence-electron chi connectivity index (χ3n) is 9.32. The lowest BCUT2D eigenvalue weighted by Crippen LogP contribution is -2.64. The van der Waals surface area contributed by atoms with E-state index < -0.39 is 0 Å². The molecule has 2 aliphatic carbocycles. The molecule has 1 atom stereocenters. The van der Waals surface area contributed by atoms with E-state index in [-0.39, 0.29) is 30.6 Å². The summed E-state index contributed by atoms with van der Waals surface area (Å²) in [5, 5.41) is 5.68. The minimum Gasteiger partial charge on any atom is -0.381 e. The highest BCUT2D eigenvalue weighted by Gasteiger charge is 2.51. The predicted molar refractivity (Wildman–Crippen MR) is 167 cm³/mol. The number of likely N-dealkylation sites (N-methyl/N-ethyl adjacent to an activating group) is 1. The van der Waals surface area contributed by atoms with Crippen molar-refractivity contribution in [2.24, 2.45) is 5.73 Å². The number of methoxy groups -OCH3 is 1. The van der Waals surface area contributed by atoms with Crippen LogP contribution in [0.5, 0.6) is 0 Å². The normalized spacial score (nSPS) is 23.6. The molecule has 5 rings (SSSR count). The zero-order valence-corrected chi connectivity index (χ0v) is 25.8. The van der Waals surface area contributed by atoms with Crippen LogP contribution in [0.1, 0.15) is 81.4 Å². The second kappa shape index (κ2) is 12.2. The summed E-state index contributed by atoms with van der Waals surface area (Å²) in [5.74, 6) is 0.0611. The SMILES string of the molecule is CC.CNN(C)C(N)C1(c2cccc(N3Cc4c(cc(CNC5(C)CCC5)cc4N(C)C)C3=O)c2)CC(OC)C1.[HH]. The van der Waals surface area contributed by atoms with Gasteiger partial charge >= 0.3 is 0 Å². The Morgan fingerprint density at radius 2 is 1.88 bits per heavy atom. The smallest absolute Gasteiger partial charge is 0.259 e. The maximum atomic E-state index is 13.8. The van der Waals surface area contributed by atoms with Crippen LogP contribution in [0.2, 0.25) is 0 Å². The molecule has 8 heteroatoms. The Morgan fingerprint density at radius 3 is 2.45 bits per heavy atom. The molecular formula is C32H52N6O2. The number of hydrazine groups is 1. The fourth-order valence-electron chi connectivity index (χ4n) is 6.42. The number of ether oxygens (including phenoxy) is 1. The van der Waals surface area contributed by atoms with Gasteiger partial charge in [-0.05, 0) is 81.5 Å². The molecule has 4 N–H and O–H groups in total. The Bertz CT molecular complexity index is 1190. The monoisotopic (exact) mass is 552 g/mol. The molecule has 0 bridgehead atoms. The molecule has 40 heavy (non-hydrogen) atoms. The summed E-state index contributed by atoms with van der Waals surface area (Å²) in [5.41, 5.74) is 16.1. The Labute approximate surface area is 242 Å². The minimum atomic E-state index is -0.255. The summed E-state index contributed by atoms with van der Waals surface area (Å²) >= 11 is 0. The van der Waals surface area contributed by atoms with Crippen molar-refractivity contribution < 1.29 is 11.0 Å². The Hall–Kier alpha value is -2.49. The van der Waals surface area contributed by atoms with Gasteiger partial charge < -0.3 is 25.6 Å². The lowest BCUT2D eigenvalue weighted by atomic mass is 9.60. The second-order valence-corrected chi connectivity index (χ2v) is 11.9. The van der Waals surface area contributed by atoms with Gasteiger partial charge in [0.05, 0.1) is 18.8 Å². The van der Waals surface area contributed by atoms with Crippen molar-refractivity contribution in [3.63, 3.8) is 0 Å². The van der Waals surface area contributed by atoms with E-state index in [1.165, 1.54) is 19.3 Å². The van der Waals surface area contributed by atoms with E-state index in [1.54, 1.807) is 7.11 Å². The van der Waals surface area contributed by atoms with Crippen LogP contribution in [-0.4, -0.2) is 64.0 Å². The summed E-state index contributed by atoms with van der Waals surface area (Å²) in [7, 11) is 9.73. The van der Waals surface area contributed by atoms with E-state index >= 15 is 0 Å². The van der Waals surface area contributed by atoms with Crippen molar-refractivity contribution in [3.05, 3.63) is 58.7 Å². The van der Waals surface area contributed by atoms with Crippen molar-refractivity contribution in [1.29, 1.82) is 0 Å². The van der Waals surface area contributed by atoms with Gasteiger partial charge in [-0.15, -0.1) is 0 Å². The lowest BCUT2D eigenvalue weighted by molar-refractivity contribution is -0.0600. The first-order chi connectivity index (χ1) is 19.1. The fraction of sp³-hybridized carbons (Fsp3) is 0.594. The molecule has 3 aliphatic rings. The van der Waals surface area contributed by atoms with Crippen LogP contribution in [0.4, 0.5) is 11.4 Å². The first kappa shape index (κ1) is 30.5. The lowest BCUT2D eigenvalue weighted by Gasteiger charge is -2.53. The van der Waals surface area contributed by atoms with Crippen LogP contribution in [0.15, 0.2) is 36.4 Å². The zero-order chi connectivity index (χ0) is 29.2. The first-order valence-electron chi connectivity index (χ1n) is 14.8. The second-order valence-electron chi connectivity index (χ2n) is 11.9. The third-order valence-corrected chi connectivity index (χ3v) is 9.32. The van der Waals surface area contributed by atoms with Gasteiger partial charge in [0, 0.05) is 69.7 Å². The van der Waals surface area contributed by atoms with E-state index in [9.17, 15) is 4.79 Å². The van der Waals surface area contributed by atoms with Crippen LogP contribution in [0.25, 0.3) is 0 Å². The molecule has 8 nitrogen and oxygen atoms in total. The van der Waals surface area contributed by atoms with Crippen LogP contribution in [-0.2, 0) is 23.2 Å². The summed E-state index contributed by atoms with van der Waals surface area (Å²) in [6, 6.07) is 12.7. The summed E-state index contributed by atoms with van der Waals surface area (Å²) in [4.78, 5) is 17.9. The standard InChI is InChI=1S/C30H44N6O2.C2H6.H2/c1-29(11-8-12-29)33-18-20-13-24-25(26(14-20)34(3)4)19-36(27(24)37)22-10-7-9-21(15-22)30(16-23(17-30)38-6)28(31)35(5)32-2;1-2;/h7,9-10,13-15,23,28,32-33H,8,11-12,16-19,31H2,1-6H3;1-2H3;1H. The number of nitrogens with one attached hydrogen (secondary N) is 2. The van der Waals surface area contributed by atoms with Gasteiger partial charge in [-0.25, -0.2) is 5.01 Å². The van der Waals surface area contributed by atoms with Gasteiger partial charge in [0.1, 0.15) is 0 Å². The summed E-state index contributed by atoms with van der Waals surface area (Å²) in [6.45, 7) is 7.63. The molecule has 1 amide bonds. The van der Waals surface area contributed by atoms with Gasteiger partial charge in [0.25, 0.3) is 5.91 Å². The molecule has 0 radical (unpaired) electrons. The van der Waals surface area contributed by atoms with Gasteiger partial charge in [-0.2, -0.15) is 0 Å². The number of rotatable bonds is 10. The highest BCUT2D eigenvalue weighted by molar-refractivity contribution is 6.11. The van der Waals surface area contributed by atoms with Crippen molar-refractivity contribution in [3.8, 4) is 0 Å².